The molecule has 0 atom stereocenters. The van der Waals surface area contributed by atoms with Crippen molar-refractivity contribution in [2.45, 2.75) is 0 Å². The van der Waals surface area contributed by atoms with E-state index in [0.717, 1.165) is 15.8 Å². The summed E-state index contributed by atoms with van der Waals surface area (Å²) in [5.74, 6) is 0. The maximum absolute atomic E-state index is 13.2. The molecule has 0 aliphatic carbocycles. The number of hydrogen-bond acceptors (Lipinski definition) is 3. The van der Waals surface area contributed by atoms with Gasteiger partial charge >= 0.3 is 0 Å². The second-order valence-electron chi connectivity index (χ2n) is 8.89. The van der Waals surface area contributed by atoms with Gasteiger partial charge in [-0.25, -0.2) is 0 Å². The van der Waals surface area contributed by atoms with Crippen molar-refractivity contribution in [3.63, 3.8) is 0 Å². The SMILES string of the molecule is O=c1c2ccccc2oc2cc3c(cc12)sc1cccc(-n2c4ccccc4c4ccccc42)c13. The summed E-state index contributed by atoms with van der Waals surface area (Å²) in [7, 11) is 0. The minimum absolute atomic E-state index is 0.0174. The predicted molar refractivity (Wildman–Crippen MR) is 147 cm³/mol. The lowest BCUT2D eigenvalue weighted by molar-refractivity contribution is 0.660. The van der Waals surface area contributed by atoms with Crippen LogP contribution in [0.4, 0.5) is 0 Å². The first-order valence-electron chi connectivity index (χ1n) is 11.6. The van der Waals surface area contributed by atoms with E-state index in [1.54, 1.807) is 11.3 Å². The number of aromatic nitrogens is 1. The van der Waals surface area contributed by atoms with E-state index in [2.05, 4.69) is 77.4 Å². The number of thiophene rings is 1. The zero-order valence-electron chi connectivity index (χ0n) is 18.5. The van der Waals surface area contributed by atoms with Gasteiger partial charge < -0.3 is 8.98 Å². The first-order valence-corrected chi connectivity index (χ1v) is 12.4. The molecule has 0 aliphatic heterocycles. The Balaban J connectivity index is 1.55. The summed E-state index contributed by atoms with van der Waals surface area (Å²) in [6, 6.07) is 35.1. The summed E-state index contributed by atoms with van der Waals surface area (Å²) in [6.07, 6.45) is 0. The van der Waals surface area contributed by atoms with Crippen LogP contribution in [0.5, 0.6) is 0 Å². The molecule has 3 nitrogen and oxygen atoms in total. The molecule has 0 saturated carbocycles. The molecule has 0 unspecified atom stereocenters. The molecule has 4 heteroatoms. The predicted octanol–water partition coefficient (Wildman–Crippen LogP) is 8.41. The summed E-state index contributed by atoms with van der Waals surface area (Å²) in [5.41, 5.74) is 4.75. The Morgan fingerprint density at radius 2 is 1.26 bits per heavy atom. The largest absolute Gasteiger partial charge is 0.456 e. The van der Waals surface area contributed by atoms with Crippen LogP contribution in [-0.2, 0) is 0 Å². The van der Waals surface area contributed by atoms with E-state index < -0.39 is 0 Å². The van der Waals surface area contributed by atoms with Gasteiger partial charge in [-0.3, -0.25) is 4.79 Å². The fraction of sp³-hybridized carbons (Fsp3) is 0. The smallest absolute Gasteiger partial charge is 0.200 e. The third-order valence-corrected chi connectivity index (χ3v) is 8.11. The van der Waals surface area contributed by atoms with Gasteiger partial charge in [0.2, 0.25) is 5.43 Å². The van der Waals surface area contributed by atoms with Gasteiger partial charge in [0.25, 0.3) is 0 Å². The summed E-state index contributed by atoms with van der Waals surface area (Å²) >= 11 is 1.72. The third-order valence-electron chi connectivity index (χ3n) is 6.99. The van der Waals surface area contributed by atoms with Crippen molar-refractivity contribution in [1.82, 2.24) is 4.57 Å². The Hall–Kier alpha value is -4.41. The van der Waals surface area contributed by atoms with Crippen LogP contribution in [-0.4, -0.2) is 4.57 Å². The Labute approximate surface area is 203 Å². The topological polar surface area (TPSA) is 35.1 Å². The second-order valence-corrected chi connectivity index (χ2v) is 9.98. The van der Waals surface area contributed by atoms with Crippen LogP contribution in [0, 0.1) is 0 Å². The number of para-hydroxylation sites is 3. The molecular formula is C31H17NO2S. The Morgan fingerprint density at radius 3 is 2.03 bits per heavy atom. The highest BCUT2D eigenvalue weighted by Gasteiger charge is 2.18. The number of rotatable bonds is 1. The molecule has 164 valence electrons. The zero-order chi connectivity index (χ0) is 23.1. The normalized spacial score (nSPS) is 12.1. The Bertz CT molecular complexity index is 2140. The van der Waals surface area contributed by atoms with Gasteiger partial charge in [0.15, 0.2) is 0 Å². The average Bonchev–Trinajstić information content (AvgIpc) is 3.43. The van der Waals surface area contributed by atoms with E-state index in [1.165, 1.54) is 31.9 Å². The van der Waals surface area contributed by atoms with Crippen LogP contribution < -0.4 is 5.43 Å². The van der Waals surface area contributed by atoms with Crippen molar-refractivity contribution < 1.29 is 4.42 Å². The Morgan fingerprint density at radius 1 is 0.571 bits per heavy atom. The summed E-state index contributed by atoms with van der Waals surface area (Å²) < 4.78 is 10.9. The van der Waals surface area contributed by atoms with E-state index in [0.29, 0.717) is 21.9 Å². The molecule has 0 aliphatic rings. The van der Waals surface area contributed by atoms with E-state index in [-0.39, 0.29) is 5.43 Å². The van der Waals surface area contributed by atoms with Crippen molar-refractivity contribution >= 4 is 75.3 Å². The van der Waals surface area contributed by atoms with Crippen LogP contribution >= 0.6 is 11.3 Å². The molecule has 3 heterocycles. The lowest BCUT2D eigenvalue weighted by Crippen LogP contribution is -2.01. The molecule has 0 radical (unpaired) electrons. The van der Waals surface area contributed by atoms with Crippen LogP contribution in [0.15, 0.2) is 112 Å². The second kappa shape index (κ2) is 6.81. The van der Waals surface area contributed by atoms with Crippen LogP contribution in [0.1, 0.15) is 0 Å². The van der Waals surface area contributed by atoms with Crippen LogP contribution in [0.2, 0.25) is 0 Å². The van der Waals surface area contributed by atoms with Gasteiger partial charge in [0.1, 0.15) is 11.2 Å². The highest BCUT2D eigenvalue weighted by molar-refractivity contribution is 7.26. The molecule has 3 aromatic heterocycles. The molecule has 35 heavy (non-hydrogen) atoms. The van der Waals surface area contributed by atoms with Crippen molar-refractivity contribution in [3.05, 3.63) is 113 Å². The molecule has 8 aromatic rings. The van der Waals surface area contributed by atoms with Gasteiger partial charge in [0.05, 0.1) is 27.5 Å². The van der Waals surface area contributed by atoms with Gasteiger partial charge in [-0.05, 0) is 48.5 Å². The summed E-state index contributed by atoms with van der Waals surface area (Å²) in [6.45, 7) is 0. The molecule has 5 aromatic carbocycles. The molecule has 0 saturated heterocycles. The number of benzene rings is 5. The molecule has 0 fully saturated rings. The fourth-order valence-electron chi connectivity index (χ4n) is 5.47. The van der Waals surface area contributed by atoms with Crippen LogP contribution in [0.25, 0.3) is 69.6 Å². The molecule has 0 amide bonds. The first-order chi connectivity index (χ1) is 17.3. The minimum Gasteiger partial charge on any atom is -0.456 e. The lowest BCUT2D eigenvalue weighted by Gasteiger charge is -2.10. The van der Waals surface area contributed by atoms with Gasteiger partial charge in [-0.1, -0.05) is 54.6 Å². The number of hydrogen-bond donors (Lipinski definition) is 0. The third kappa shape index (κ3) is 2.52. The first kappa shape index (κ1) is 19.0. The summed E-state index contributed by atoms with van der Waals surface area (Å²) in [4.78, 5) is 13.2. The van der Waals surface area contributed by atoms with Crippen molar-refractivity contribution in [2.24, 2.45) is 0 Å². The van der Waals surface area contributed by atoms with Crippen LogP contribution in [0.3, 0.4) is 0 Å². The van der Waals surface area contributed by atoms with Crippen molar-refractivity contribution in [1.29, 1.82) is 0 Å². The summed E-state index contributed by atoms with van der Waals surface area (Å²) in [5, 5.41) is 6.00. The molecule has 0 bridgehead atoms. The van der Waals surface area contributed by atoms with E-state index >= 15 is 0 Å². The van der Waals surface area contributed by atoms with E-state index in [9.17, 15) is 4.79 Å². The molecule has 0 spiro atoms. The average molecular weight is 468 g/mol. The van der Waals surface area contributed by atoms with Crippen molar-refractivity contribution in [3.8, 4) is 5.69 Å². The minimum atomic E-state index is 0.0174. The Kier molecular flexibility index (Phi) is 3.69. The van der Waals surface area contributed by atoms with E-state index in [1.807, 2.05) is 30.3 Å². The van der Waals surface area contributed by atoms with Gasteiger partial charge in [0, 0.05) is 30.9 Å². The standard InChI is InChI=1S/C31H17NO2S/c33-31-20-10-3-6-14-26(20)34-27-16-22-29(17-21(27)31)35-28-15-7-13-25(30(22)28)32-23-11-4-1-8-18(23)19-9-2-5-12-24(19)32/h1-17H. The molecule has 8 rings (SSSR count). The quantitative estimate of drug-likeness (QED) is 0.227. The lowest BCUT2D eigenvalue weighted by atomic mass is 10.1. The monoisotopic (exact) mass is 467 g/mol. The van der Waals surface area contributed by atoms with Gasteiger partial charge in [-0.15, -0.1) is 11.3 Å². The molecule has 0 N–H and O–H groups in total. The highest BCUT2D eigenvalue weighted by atomic mass is 32.1. The fourth-order valence-corrected chi connectivity index (χ4v) is 6.62. The number of nitrogens with zero attached hydrogens (tertiary/aromatic N) is 1. The zero-order valence-corrected chi connectivity index (χ0v) is 19.3. The molecular weight excluding hydrogens is 450 g/mol. The van der Waals surface area contributed by atoms with Crippen molar-refractivity contribution in [2.75, 3.05) is 0 Å². The van der Waals surface area contributed by atoms with Gasteiger partial charge in [-0.2, -0.15) is 0 Å². The number of fused-ring (bicyclic) bond motifs is 8. The van der Waals surface area contributed by atoms with E-state index in [4.69, 9.17) is 4.42 Å². The maximum Gasteiger partial charge on any atom is 0.200 e. The highest BCUT2D eigenvalue weighted by Crippen LogP contribution is 2.42. The maximum atomic E-state index is 13.2.